The Morgan fingerprint density at radius 2 is 2.43 bits per heavy atom. The van der Waals surface area contributed by atoms with Crippen LogP contribution in [0.1, 0.15) is 24.3 Å². The summed E-state index contributed by atoms with van der Waals surface area (Å²) in [6.45, 7) is 2.70. The molecule has 0 aromatic carbocycles. The predicted octanol–water partition coefficient (Wildman–Crippen LogP) is 0.535. The van der Waals surface area contributed by atoms with Crippen LogP contribution in [-0.2, 0) is 14.3 Å². The first-order valence-corrected chi connectivity index (χ1v) is 7.79. The molecule has 2 rings (SSSR count). The molecule has 2 heterocycles. The van der Waals surface area contributed by atoms with Gasteiger partial charge in [0.15, 0.2) is 0 Å². The number of morpholine rings is 1. The number of hydrogen-bond donors (Lipinski definition) is 2. The minimum absolute atomic E-state index is 0.0381. The molecule has 1 aliphatic heterocycles. The molecule has 2 atom stereocenters. The zero-order valence-corrected chi connectivity index (χ0v) is 12.8. The first-order chi connectivity index (χ1) is 10.1. The molecule has 0 bridgehead atoms. The normalized spacial score (nSPS) is 20.1. The Kier molecular flexibility index (Phi) is 5.72. The van der Waals surface area contributed by atoms with Crippen LogP contribution in [0.3, 0.4) is 0 Å². The lowest BCUT2D eigenvalue weighted by atomic mass is 10.1. The number of carbonyl (C=O) groups is 2. The van der Waals surface area contributed by atoms with Gasteiger partial charge in [0.1, 0.15) is 0 Å². The topological polar surface area (TPSA) is 78.9 Å². The molecule has 0 aliphatic carbocycles. The summed E-state index contributed by atoms with van der Waals surface area (Å²) in [7, 11) is 0. The standard InChI is InChI=1S/C14H20N2O4S/c1-10(18)15-12(13-3-2-6-21-13)7-14(19)16-4-5-20-11(8-16)9-17/h2-3,6,11-12,17H,4-5,7-9H2,1H3,(H,15,18). The lowest BCUT2D eigenvalue weighted by Crippen LogP contribution is -2.47. The fourth-order valence-electron chi connectivity index (χ4n) is 2.32. The lowest BCUT2D eigenvalue weighted by molar-refractivity contribution is -0.140. The number of amides is 2. The van der Waals surface area contributed by atoms with E-state index in [9.17, 15) is 9.59 Å². The fourth-order valence-corrected chi connectivity index (χ4v) is 3.10. The second-order valence-corrected chi connectivity index (χ2v) is 5.97. The molecule has 1 aromatic heterocycles. The zero-order valence-electron chi connectivity index (χ0n) is 11.9. The van der Waals surface area contributed by atoms with Gasteiger partial charge in [-0.25, -0.2) is 0 Å². The average Bonchev–Trinajstić information content (AvgIpc) is 3.00. The van der Waals surface area contributed by atoms with Gasteiger partial charge in [-0.05, 0) is 11.4 Å². The van der Waals surface area contributed by atoms with E-state index in [4.69, 9.17) is 9.84 Å². The summed E-state index contributed by atoms with van der Waals surface area (Å²) in [6, 6.07) is 3.51. The molecule has 2 amide bonds. The summed E-state index contributed by atoms with van der Waals surface area (Å²) < 4.78 is 5.34. The van der Waals surface area contributed by atoms with Crippen LogP contribution in [-0.4, -0.2) is 54.2 Å². The van der Waals surface area contributed by atoms with Crippen LogP contribution in [0.2, 0.25) is 0 Å². The van der Waals surface area contributed by atoms with Crippen molar-refractivity contribution in [3.63, 3.8) is 0 Å². The van der Waals surface area contributed by atoms with Crippen LogP contribution >= 0.6 is 11.3 Å². The molecule has 1 aromatic rings. The van der Waals surface area contributed by atoms with Crippen molar-refractivity contribution in [1.29, 1.82) is 0 Å². The maximum Gasteiger partial charge on any atom is 0.225 e. The van der Waals surface area contributed by atoms with Gasteiger partial charge in [-0.1, -0.05) is 6.07 Å². The van der Waals surface area contributed by atoms with Crippen molar-refractivity contribution in [3.8, 4) is 0 Å². The summed E-state index contributed by atoms with van der Waals surface area (Å²) in [5.74, 6) is -0.194. The zero-order chi connectivity index (χ0) is 15.2. The van der Waals surface area contributed by atoms with Gasteiger partial charge in [0.2, 0.25) is 11.8 Å². The van der Waals surface area contributed by atoms with Gasteiger partial charge in [-0.3, -0.25) is 9.59 Å². The molecular formula is C14H20N2O4S. The first-order valence-electron chi connectivity index (χ1n) is 6.91. The van der Waals surface area contributed by atoms with E-state index >= 15 is 0 Å². The van der Waals surface area contributed by atoms with Gasteiger partial charge in [0.05, 0.1) is 31.8 Å². The van der Waals surface area contributed by atoms with Crippen LogP contribution < -0.4 is 5.32 Å². The number of carbonyl (C=O) groups excluding carboxylic acids is 2. The van der Waals surface area contributed by atoms with Crippen molar-refractivity contribution >= 4 is 23.2 Å². The van der Waals surface area contributed by atoms with Crippen molar-refractivity contribution in [1.82, 2.24) is 10.2 Å². The number of ether oxygens (including phenoxy) is 1. The van der Waals surface area contributed by atoms with Crippen LogP contribution in [0.4, 0.5) is 0 Å². The van der Waals surface area contributed by atoms with Crippen molar-refractivity contribution in [3.05, 3.63) is 22.4 Å². The Labute approximate surface area is 127 Å². The van der Waals surface area contributed by atoms with E-state index in [0.29, 0.717) is 19.7 Å². The smallest absolute Gasteiger partial charge is 0.225 e. The summed E-state index contributed by atoms with van der Waals surface area (Å²) in [5, 5.41) is 13.9. The Hall–Kier alpha value is -1.44. The molecule has 2 N–H and O–H groups in total. The Balaban J connectivity index is 1.99. The van der Waals surface area contributed by atoms with E-state index in [-0.39, 0.29) is 37.0 Å². The fraction of sp³-hybridized carbons (Fsp3) is 0.571. The molecule has 7 heteroatoms. The average molecular weight is 312 g/mol. The molecule has 0 saturated carbocycles. The first kappa shape index (κ1) is 15.9. The van der Waals surface area contributed by atoms with Gasteiger partial charge in [0, 0.05) is 24.9 Å². The Bertz CT molecular complexity index is 477. The summed E-state index contributed by atoms with van der Waals surface area (Å²) >= 11 is 1.52. The van der Waals surface area contributed by atoms with Gasteiger partial charge >= 0.3 is 0 Å². The molecule has 1 saturated heterocycles. The number of aliphatic hydroxyl groups excluding tert-OH is 1. The quantitative estimate of drug-likeness (QED) is 0.831. The van der Waals surface area contributed by atoms with Crippen molar-refractivity contribution < 1.29 is 19.4 Å². The highest BCUT2D eigenvalue weighted by Gasteiger charge is 2.26. The van der Waals surface area contributed by atoms with E-state index in [1.54, 1.807) is 4.90 Å². The molecule has 21 heavy (non-hydrogen) atoms. The highest BCUT2D eigenvalue weighted by molar-refractivity contribution is 7.10. The molecule has 2 unspecified atom stereocenters. The third kappa shape index (κ3) is 4.52. The number of thiophene rings is 1. The Morgan fingerprint density at radius 3 is 3.05 bits per heavy atom. The Morgan fingerprint density at radius 1 is 1.62 bits per heavy atom. The van der Waals surface area contributed by atoms with Gasteiger partial charge in [0.25, 0.3) is 0 Å². The van der Waals surface area contributed by atoms with E-state index in [2.05, 4.69) is 5.32 Å². The molecular weight excluding hydrogens is 292 g/mol. The second-order valence-electron chi connectivity index (χ2n) is 4.99. The van der Waals surface area contributed by atoms with Crippen LogP contribution in [0.5, 0.6) is 0 Å². The van der Waals surface area contributed by atoms with Gasteiger partial charge in [-0.15, -0.1) is 11.3 Å². The molecule has 0 radical (unpaired) electrons. The summed E-state index contributed by atoms with van der Waals surface area (Å²) in [4.78, 5) is 26.4. The maximum absolute atomic E-state index is 12.4. The highest BCUT2D eigenvalue weighted by Crippen LogP contribution is 2.23. The molecule has 1 aliphatic rings. The van der Waals surface area contributed by atoms with Crippen molar-refractivity contribution in [2.24, 2.45) is 0 Å². The van der Waals surface area contributed by atoms with Crippen LogP contribution in [0.15, 0.2) is 17.5 Å². The third-order valence-electron chi connectivity index (χ3n) is 3.34. The molecule has 0 spiro atoms. The summed E-state index contributed by atoms with van der Waals surface area (Å²) in [6.07, 6.45) is -0.0956. The lowest BCUT2D eigenvalue weighted by Gasteiger charge is -2.33. The van der Waals surface area contributed by atoms with Gasteiger partial charge in [-0.2, -0.15) is 0 Å². The second kappa shape index (κ2) is 7.53. The van der Waals surface area contributed by atoms with E-state index in [1.165, 1.54) is 18.3 Å². The minimum Gasteiger partial charge on any atom is -0.394 e. The van der Waals surface area contributed by atoms with Crippen LogP contribution in [0.25, 0.3) is 0 Å². The number of aliphatic hydroxyl groups is 1. The van der Waals surface area contributed by atoms with E-state index < -0.39 is 0 Å². The minimum atomic E-state index is -0.316. The number of nitrogens with zero attached hydrogens (tertiary/aromatic N) is 1. The van der Waals surface area contributed by atoms with Crippen molar-refractivity contribution in [2.45, 2.75) is 25.5 Å². The third-order valence-corrected chi connectivity index (χ3v) is 4.32. The van der Waals surface area contributed by atoms with Gasteiger partial charge < -0.3 is 20.1 Å². The number of nitrogens with one attached hydrogen (secondary N) is 1. The molecule has 116 valence electrons. The predicted molar refractivity (Wildman–Crippen MR) is 78.9 cm³/mol. The summed E-state index contributed by atoms with van der Waals surface area (Å²) in [5.41, 5.74) is 0. The maximum atomic E-state index is 12.4. The van der Waals surface area contributed by atoms with Crippen LogP contribution in [0, 0.1) is 0 Å². The largest absolute Gasteiger partial charge is 0.394 e. The monoisotopic (exact) mass is 312 g/mol. The van der Waals surface area contributed by atoms with Crippen molar-refractivity contribution in [2.75, 3.05) is 26.3 Å². The van der Waals surface area contributed by atoms with E-state index in [0.717, 1.165) is 4.88 Å². The number of hydrogen-bond acceptors (Lipinski definition) is 5. The SMILES string of the molecule is CC(=O)NC(CC(=O)N1CCOC(CO)C1)c1cccs1. The highest BCUT2D eigenvalue weighted by atomic mass is 32.1. The molecule has 6 nitrogen and oxygen atoms in total. The number of rotatable bonds is 5. The van der Waals surface area contributed by atoms with E-state index in [1.807, 2.05) is 17.5 Å². The molecule has 1 fully saturated rings.